The zero-order chi connectivity index (χ0) is 16.3. The van der Waals surface area contributed by atoms with E-state index in [9.17, 15) is 9.59 Å². The summed E-state index contributed by atoms with van der Waals surface area (Å²) in [7, 11) is 0. The molecule has 1 aliphatic rings. The molecule has 24 heavy (non-hydrogen) atoms. The van der Waals surface area contributed by atoms with Crippen LogP contribution in [-0.2, 0) is 0 Å². The molecule has 0 N–H and O–H groups in total. The number of para-hydroxylation sites is 2. The maximum atomic E-state index is 12.8. The Morgan fingerprint density at radius 2 is 1.21 bits per heavy atom. The van der Waals surface area contributed by atoms with Crippen molar-refractivity contribution in [2.75, 3.05) is 0 Å². The summed E-state index contributed by atoms with van der Waals surface area (Å²) in [4.78, 5) is 42.8. The minimum absolute atomic E-state index is 0.0574. The van der Waals surface area contributed by atoms with Crippen LogP contribution in [0.5, 0.6) is 0 Å². The van der Waals surface area contributed by atoms with Crippen molar-refractivity contribution in [2.24, 2.45) is 0 Å². The first-order valence-electron chi connectivity index (χ1n) is 7.34. The van der Waals surface area contributed by atoms with Gasteiger partial charge in [-0.1, -0.05) is 12.1 Å². The van der Waals surface area contributed by atoms with Gasteiger partial charge < -0.3 is 0 Å². The number of benzene rings is 1. The molecule has 6 heteroatoms. The summed E-state index contributed by atoms with van der Waals surface area (Å²) in [6.45, 7) is 0. The molecule has 1 aromatic carbocycles. The predicted octanol–water partition coefficient (Wildman–Crippen LogP) is 2.35. The molecule has 0 unspecified atom stereocenters. The second-order valence-corrected chi connectivity index (χ2v) is 5.49. The fraction of sp³-hybridized carbons (Fsp3) is 0. The van der Waals surface area contributed by atoms with Gasteiger partial charge in [0.25, 0.3) is 0 Å². The molecule has 1 aliphatic carbocycles. The van der Waals surface area contributed by atoms with Gasteiger partial charge >= 0.3 is 0 Å². The molecule has 112 valence electrons. The van der Waals surface area contributed by atoms with Crippen molar-refractivity contribution in [1.82, 2.24) is 19.9 Å². The molecule has 4 aromatic rings. The van der Waals surface area contributed by atoms with Gasteiger partial charge in [0.05, 0.1) is 27.6 Å². The van der Waals surface area contributed by atoms with E-state index in [0.717, 1.165) is 0 Å². The Morgan fingerprint density at radius 1 is 0.625 bits per heavy atom. The van der Waals surface area contributed by atoms with Crippen molar-refractivity contribution >= 4 is 33.6 Å². The number of carbonyl (C=O) groups is 2. The van der Waals surface area contributed by atoms with Gasteiger partial charge in [-0.05, 0) is 30.3 Å². The highest BCUT2D eigenvalue weighted by atomic mass is 16.1. The van der Waals surface area contributed by atoms with E-state index < -0.39 is 0 Å². The summed E-state index contributed by atoms with van der Waals surface area (Å²) >= 11 is 0. The minimum atomic E-state index is -0.386. The number of carbonyl (C=O) groups excluding carboxylic acids is 2. The molecule has 0 bridgehead atoms. The molecule has 0 saturated heterocycles. The third kappa shape index (κ3) is 1.65. The van der Waals surface area contributed by atoms with E-state index in [1.165, 1.54) is 0 Å². The minimum Gasteiger partial charge on any atom is -0.287 e. The third-order valence-electron chi connectivity index (χ3n) is 4.05. The lowest BCUT2D eigenvalue weighted by molar-refractivity contribution is 0.0969. The fourth-order valence-electron chi connectivity index (χ4n) is 2.90. The van der Waals surface area contributed by atoms with Gasteiger partial charge in [0.1, 0.15) is 17.1 Å². The van der Waals surface area contributed by atoms with E-state index in [1.54, 1.807) is 36.5 Å². The molecule has 0 aliphatic heterocycles. The Morgan fingerprint density at radius 3 is 1.96 bits per heavy atom. The lowest BCUT2D eigenvalue weighted by Crippen LogP contribution is -2.25. The average Bonchev–Trinajstić information content (AvgIpc) is 2.64. The lowest BCUT2D eigenvalue weighted by atomic mass is 9.93. The van der Waals surface area contributed by atoms with Gasteiger partial charge in [0, 0.05) is 6.20 Å². The smallest absolute Gasteiger partial charge is 0.232 e. The number of fused-ring (bicyclic) bond motifs is 4. The molecule has 6 nitrogen and oxygen atoms in total. The molecule has 3 heterocycles. The summed E-state index contributed by atoms with van der Waals surface area (Å²) in [5.41, 5.74) is 2.74. The van der Waals surface area contributed by atoms with Gasteiger partial charge in [0.2, 0.25) is 11.6 Å². The van der Waals surface area contributed by atoms with Crippen LogP contribution in [0.4, 0.5) is 0 Å². The summed E-state index contributed by atoms with van der Waals surface area (Å²) in [6, 6.07) is 12.2. The Hall–Kier alpha value is -3.54. The molecule has 0 spiro atoms. The predicted molar refractivity (Wildman–Crippen MR) is 85.9 cm³/mol. The van der Waals surface area contributed by atoms with Crippen LogP contribution in [-0.4, -0.2) is 31.5 Å². The molecule has 5 rings (SSSR count). The molecule has 0 fully saturated rings. The van der Waals surface area contributed by atoms with E-state index in [2.05, 4.69) is 19.9 Å². The van der Waals surface area contributed by atoms with E-state index in [1.807, 2.05) is 12.1 Å². The first-order valence-corrected chi connectivity index (χ1v) is 7.34. The summed E-state index contributed by atoms with van der Waals surface area (Å²) < 4.78 is 0. The van der Waals surface area contributed by atoms with Crippen molar-refractivity contribution in [1.29, 1.82) is 0 Å². The summed E-state index contributed by atoms with van der Waals surface area (Å²) in [5.74, 6) is -0.735. The van der Waals surface area contributed by atoms with Crippen LogP contribution in [0.15, 0.2) is 48.7 Å². The Bertz CT molecular complexity index is 1020. The second-order valence-electron chi connectivity index (χ2n) is 5.49. The third-order valence-corrected chi connectivity index (χ3v) is 4.05. The average molecular weight is 312 g/mol. The number of rotatable bonds is 0. The Balaban J connectivity index is 1.84. The van der Waals surface area contributed by atoms with Crippen molar-refractivity contribution in [3.8, 4) is 0 Å². The standard InChI is InChI=1S/C18H8N4O2/c23-17-9-8-13-12(6-3-7-19-13)20-14(9)18(24)16-15(17)21-10-4-1-2-5-11(10)22-16/h1-8H. The number of hydrogen-bond acceptors (Lipinski definition) is 6. The molecule has 0 saturated carbocycles. The van der Waals surface area contributed by atoms with Crippen LogP contribution in [0.1, 0.15) is 32.2 Å². The fourth-order valence-corrected chi connectivity index (χ4v) is 2.90. The topological polar surface area (TPSA) is 85.7 Å². The monoisotopic (exact) mass is 312 g/mol. The Labute approximate surface area is 135 Å². The van der Waals surface area contributed by atoms with E-state index in [0.29, 0.717) is 22.1 Å². The van der Waals surface area contributed by atoms with Crippen LogP contribution in [0.25, 0.3) is 22.1 Å². The normalized spacial score (nSPS) is 13.2. The van der Waals surface area contributed by atoms with E-state index in [4.69, 9.17) is 0 Å². The highest BCUT2D eigenvalue weighted by Gasteiger charge is 2.34. The lowest BCUT2D eigenvalue weighted by Gasteiger charge is -2.16. The van der Waals surface area contributed by atoms with Crippen LogP contribution in [0.2, 0.25) is 0 Å². The molecular formula is C18H8N4O2. The molecule has 3 aromatic heterocycles. The SMILES string of the molecule is O=C1c2cc3ncccc3nc2C(=O)c2nc3ccccc3nc21. The van der Waals surface area contributed by atoms with Crippen LogP contribution in [0, 0.1) is 0 Å². The van der Waals surface area contributed by atoms with Gasteiger partial charge in [-0.15, -0.1) is 0 Å². The van der Waals surface area contributed by atoms with Gasteiger partial charge in [-0.2, -0.15) is 0 Å². The van der Waals surface area contributed by atoms with E-state index >= 15 is 0 Å². The van der Waals surface area contributed by atoms with Crippen LogP contribution < -0.4 is 0 Å². The van der Waals surface area contributed by atoms with Crippen LogP contribution in [0.3, 0.4) is 0 Å². The number of nitrogens with zero attached hydrogens (tertiary/aromatic N) is 4. The molecular weight excluding hydrogens is 304 g/mol. The maximum Gasteiger partial charge on any atom is 0.232 e. The summed E-state index contributed by atoms with van der Waals surface area (Å²) in [5, 5.41) is 0. The first-order chi connectivity index (χ1) is 11.7. The Kier molecular flexibility index (Phi) is 2.42. The van der Waals surface area contributed by atoms with Crippen molar-refractivity contribution < 1.29 is 9.59 Å². The zero-order valence-electron chi connectivity index (χ0n) is 12.2. The van der Waals surface area contributed by atoms with E-state index in [-0.39, 0.29) is 34.2 Å². The number of hydrogen-bond donors (Lipinski definition) is 0. The highest BCUT2D eigenvalue weighted by Crippen LogP contribution is 2.27. The van der Waals surface area contributed by atoms with Crippen molar-refractivity contribution in [3.05, 3.63) is 71.3 Å². The van der Waals surface area contributed by atoms with Gasteiger partial charge in [0.15, 0.2) is 0 Å². The second kappa shape index (κ2) is 4.48. The maximum absolute atomic E-state index is 12.8. The quantitative estimate of drug-likeness (QED) is 0.436. The summed E-state index contributed by atoms with van der Waals surface area (Å²) in [6.07, 6.45) is 1.62. The zero-order valence-corrected chi connectivity index (χ0v) is 12.2. The largest absolute Gasteiger partial charge is 0.287 e. The van der Waals surface area contributed by atoms with Gasteiger partial charge in [-0.25, -0.2) is 15.0 Å². The number of aromatic nitrogens is 4. The number of ketones is 2. The molecule has 0 radical (unpaired) electrons. The molecule has 0 atom stereocenters. The first kappa shape index (κ1) is 13.0. The highest BCUT2D eigenvalue weighted by molar-refractivity contribution is 6.27. The number of pyridine rings is 2. The van der Waals surface area contributed by atoms with Gasteiger partial charge in [-0.3, -0.25) is 14.6 Å². The van der Waals surface area contributed by atoms with Crippen molar-refractivity contribution in [2.45, 2.75) is 0 Å². The van der Waals surface area contributed by atoms with Crippen molar-refractivity contribution in [3.63, 3.8) is 0 Å². The van der Waals surface area contributed by atoms with Crippen LogP contribution >= 0.6 is 0 Å². The molecule has 0 amide bonds.